The highest BCUT2D eigenvalue weighted by Crippen LogP contribution is 2.22. The molecular weight excluding hydrogens is 288 g/mol. The number of nitriles is 1. The Labute approximate surface area is 117 Å². The fraction of sp³-hybridized carbons (Fsp3) is 0.417. The molecule has 0 bridgehead atoms. The molecule has 5 nitrogen and oxygen atoms in total. The highest BCUT2D eigenvalue weighted by atomic mass is 35.5. The Balaban J connectivity index is 1.90. The third-order valence-electron chi connectivity index (χ3n) is 2.87. The van der Waals surface area contributed by atoms with Crippen LogP contribution >= 0.6 is 11.6 Å². The molecule has 1 aromatic carbocycles. The predicted octanol–water partition coefficient (Wildman–Crippen LogP) is 1.63. The van der Waals surface area contributed by atoms with E-state index in [1.165, 1.54) is 4.31 Å². The van der Waals surface area contributed by atoms with Crippen molar-refractivity contribution in [3.63, 3.8) is 0 Å². The highest BCUT2D eigenvalue weighted by molar-refractivity contribution is 7.89. The minimum Gasteiger partial charge on any atom is -0.492 e. The molecule has 0 unspecified atom stereocenters. The summed E-state index contributed by atoms with van der Waals surface area (Å²) in [4.78, 5) is 0. The van der Waals surface area contributed by atoms with E-state index in [-0.39, 0.29) is 12.4 Å². The van der Waals surface area contributed by atoms with Crippen molar-refractivity contribution in [2.45, 2.75) is 6.42 Å². The summed E-state index contributed by atoms with van der Waals surface area (Å²) in [7, 11) is -3.08. The quantitative estimate of drug-likeness (QED) is 0.847. The van der Waals surface area contributed by atoms with Gasteiger partial charge in [-0.1, -0.05) is 11.6 Å². The average molecular weight is 301 g/mol. The molecule has 1 fully saturated rings. The van der Waals surface area contributed by atoms with E-state index in [4.69, 9.17) is 21.6 Å². The van der Waals surface area contributed by atoms with Crippen LogP contribution in [0.1, 0.15) is 12.0 Å². The minimum absolute atomic E-state index is 0.218. The van der Waals surface area contributed by atoms with E-state index in [0.29, 0.717) is 35.8 Å². The van der Waals surface area contributed by atoms with E-state index < -0.39 is 10.0 Å². The second kappa shape index (κ2) is 5.78. The van der Waals surface area contributed by atoms with Crippen LogP contribution in [0.2, 0.25) is 5.02 Å². The zero-order chi connectivity index (χ0) is 13.9. The fourth-order valence-corrected chi connectivity index (χ4v) is 3.61. The maximum absolute atomic E-state index is 11.6. The monoisotopic (exact) mass is 300 g/mol. The van der Waals surface area contributed by atoms with Crippen LogP contribution in [0.4, 0.5) is 0 Å². The van der Waals surface area contributed by atoms with Crippen molar-refractivity contribution in [3.8, 4) is 11.8 Å². The van der Waals surface area contributed by atoms with Crippen LogP contribution in [-0.2, 0) is 10.0 Å². The summed E-state index contributed by atoms with van der Waals surface area (Å²) >= 11 is 5.87. The van der Waals surface area contributed by atoms with Gasteiger partial charge in [0.05, 0.1) is 16.3 Å². The third kappa shape index (κ3) is 3.38. The van der Waals surface area contributed by atoms with Crippen LogP contribution in [0.5, 0.6) is 5.75 Å². The van der Waals surface area contributed by atoms with Gasteiger partial charge in [-0.15, -0.1) is 0 Å². The molecule has 19 heavy (non-hydrogen) atoms. The van der Waals surface area contributed by atoms with Gasteiger partial charge in [-0.05, 0) is 18.6 Å². The molecule has 0 amide bonds. The number of benzene rings is 1. The van der Waals surface area contributed by atoms with Gasteiger partial charge in [-0.3, -0.25) is 0 Å². The van der Waals surface area contributed by atoms with Crippen molar-refractivity contribution >= 4 is 21.6 Å². The SMILES string of the molecule is N#Cc1ccc(OCCN2CCCS2(=O)=O)cc1Cl. The van der Waals surface area contributed by atoms with Crippen molar-refractivity contribution in [1.29, 1.82) is 5.26 Å². The summed E-state index contributed by atoms with van der Waals surface area (Å²) in [6.07, 6.45) is 0.672. The maximum atomic E-state index is 11.6. The number of ether oxygens (including phenoxy) is 1. The first-order valence-electron chi connectivity index (χ1n) is 5.83. The lowest BCUT2D eigenvalue weighted by Crippen LogP contribution is -2.30. The van der Waals surface area contributed by atoms with Gasteiger partial charge in [0.25, 0.3) is 0 Å². The van der Waals surface area contributed by atoms with Crippen LogP contribution < -0.4 is 4.74 Å². The molecule has 1 saturated heterocycles. The van der Waals surface area contributed by atoms with Gasteiger partial charge in [0.15, 0.2) is 0 Å². The Bertz CT molecular complexity index is 610. The first-order valence-corrected chi connectivity index (χ1v) is 7.82. The van der Waals surface area contributed by atoms with E-state index in [2.05, 4.69) is 0 Å². The molecule has 0 aromatic heterocycles. The average Bonchev–Trinajstić information content (AvgIpc) is 2.69. The molecule has 0 spiro atoms. The van der Waals surface area contributed by atoms with E-state index in [1.807, 2.05) is 6.07 Å². The minimum atomic E-state index is -3.08. The molecule has 0 aliphatic carbocycles. The van der Waals surface area contributed by atoms with Gasteiger partial charge >= 0.3 is 0 Å². The lowest BCUT2D eigenvalue weighted by atomic mass is 10.2. The van der Waals surface area contributed by atoms with Crippen molar-refractivity contribution in [3.05, 3.63) is 28.8 Å². The van der Waals surface area contributed by atoms with Gasteiger partial charge < -0.3 is 4.74 Å². The lowest BCUT2D eigenvalue weighted by molar-refractivity contribution is 0.279. The van der Waals surface area contributed by atoms with Gasteiger partial charge in [-0.25, -0.2) is 8.42 Å². The number of sulfonamides is 1. The number of hydrogen-bond donors (Lipinski definition) is 0. The Kier molecular flexibility index (Phi) is 4.30. The Morgan fingerprint density at radius 1 is 1.47 bits per heavy atom. The van der Waals surface area contributed by atoms with Crippen LogP contribution in [0.15, 0.2) is 18.2 Å². The van der Waals surface area contributed by atoms with Gasteiger partial charge in [0.2, 0.25) is 10.0 Å². The molecule has 1 aliphatic heterocycles. The first kappa shape index (κ1) is 14.1. The predicted molar refractivity (Wildman–Crippen MR) is 71.6 cm³/mol. The molecule has 1 heterocycles. The van der Waals surface area contributed by atoms with Gasteiger partial charge in [0, 0.05) is 19.2 Å². The van der Waals surface area contributed by atoms with Gasteiger partial charge in [-0.2, -0.15) is 9.57 Å². The third-order valence-corrected chi connectivity index (χ3v) is 5.14. The van der Waals surface area contributed by atoms with Gasteiger partial charge in [0.1, 0.15) is 18.4 Å². The number of halogens is 1. The highest BCUT2D eigenvalue weighted by Gasteiger charge is 2.27. The summed E-state index contributed by atoms with van der Waals surface area (Å²) < 4.78 is 30.0. The smallest absolute Gasteiger partial charge is 0.214 e. The molecule has 2 rings (SSSR count). The fourth-order valence-electron chi connectivity index (χ4n) is 1.88. The van der Waals surface area contributed by atoms with Crippen molar-refractivity contribution < 1.29 is 13.2 Å². The second-order valence-electron chi connectivity index (χ2n) is 4.17. The molecule has 0 N–H and O–H groups in total. The summed E-state index contributed by atoms with van der Waals surface area (Å²) in [5.74, 6) is 0.746. The Hall–Kier alpha value is -1.29. The topological polar surface area (TPSA) is 70.4 Å². The molecular formula is C12H13ClN2O3S. The Morgan fingerprint density at radius 2 is 2.26 bits per heavy atom. The summed E-state index contributed by atoms with van der Waals surface area (Å²) in [5, 5.41) is 9.07. The molecule has 0 saturated carbocycles. The molecule has 7 heteroatoms. The van der Waals surface area contributed by atoms with E-state index in [9.17, 15) is 8.42 Å². The maximum Gasteiger partial charge on any atom is 0.214 e. The van der Waals surface area contributed by atoms with E-state index in [0.717, 1.165) is 0 Å². The summed E-state index contributed by atoms with van der Waals surface area (Å²) in [6, 6.07) is 6.73. The second-order valence-corrected chi connectivity index (χ2v) is 6.67. The van der Waals surface area contributed by atoms with Crippen molar-refractivity contribution in [1.82, 2.24) is 4.31 Å². The van der Waals surface area contributed by atoms with Crippen LogP contribution in [0.3, 0.4) is 0 Å². The molecule has 0 radical (unpaired) electrons. The number of rotatable bonds is 4. The summed E-state index contributed by atoms with van der Waals surface area (Å²) in [6.45, 7) is 1.15. The van der Waals surface area contributed by atoms with E-state index in [1.54, 1.807) is 18.2 Å². The lowest BCUT2D eigenvalue weighted by Gasteiger charge is -2.14. The number of hydrogen-bond acceptors (Lipinski definition) is 4. The van der Waals surface area contributed by atoms with E-state index >= 15 is 0 Å². The first-order chi connectivity index (χ1) is 9.03. The van der Waals surface area contributed by atoms with Crippen LogP contribution in [0, 0.1) is 11.3 Å². The zero-order valence-electron chi connectivity index (χ0n) is 10.2. The molecule has 102 valence electrons. The molecule has 1 aromatic rings. The Morgan fingerprint density at radius 3 is 2.84 bits per heavy atom. The normalized spacial score (nSPS) is 18.1. The molecule has 1 aliphatic rings. The van der Waals surface area contributed by atoms with Crippen LogP contribution in [0.25, 0.3) is 0 Å². The zero-order valence-corrected chi connectivity index (χ0v) is 11.7. The molecule has 0 atom stereocenters. The largest absolute Gasteiger partial charge is 0.492 e. The van der Waals surface area contributed by atoms with Crippen molar-refractivity contribution in [2.24, 2.45) is 0 Å². The number of nitrogens with zero attached hydrogens (tertiary/aromatic N) is 2. The standard InChI is InChI=1S/C12H13ClN2O3S/c13-12-8-11(3-2-10(12)9-14)18-6-5-15-4-1-7-19(15,16)17/h2-3,8H,1,4-7H2. The summed E-state index contributed by atoms with van der Waals surface area (Å²) in [5.41, 5.74) is 0.385. The van der Waals surface area contributed by atoms with Crippen LogP contribution in [-0.4, -0.2) is 38.2 Å². The van der Waals surface area contributed by atoms with Crippen molar-refractivity contribution in [2.75, 3.05) is 25.4 Å².